The summed E-state index contributed by atoms with van der Waals surface area (Å²) in [6, 6.07) is 7.78. The number of hydrogen-bond acceptors (Lipinski definition) is 4. The van der Waals surface area contributed by atoms with Crippen LogP contribution in [0.2, 0.25) is 5.15 Å². The lowest BCUT2D eigenvalue weighted by Gasteiger charge is -2.12. The van der Waals surface area contributed by atoms with E-state index in [4.69, 9.17) is 16.3 Å². The van der Waals surface area contributed by atoms with Gasteiger partial charge in [-0.15, -0.1) is 0 Å². The van der Waals surface area contributed by atoms with E-state index in [1.54, 1.807) is 18.2 Å². The third kappa shape index (κ3) is 3.68. The fourth-order valence-electron chi connectivity index (χ4n) is 2.29. The van der Waals surface area contributed by atoms with Gasteiger partial charge in [0.1, 0.15) is 16.8 Å². The van der Waals surface area contributed by atoms with Gasteiger partial charge < -0.3 is 10.1 Å². The highest BCUT2D eigenvalue weighted by Gasteiger charge is 2.15. The molecule has 0 bridgehead atoms. The molecule has 4 nitrogen and oxygen atoms in total. The van der Waals surface area contributed by atoms with Crippen molar-refractivity contribution in [3.05, 3.63) is 41.3 Å². The average Bonchev–Trinajstić information content (AvgIpc) is 2.98. The summed E-state index contributed by atoms with van der Waals surface area (Å²) in [4.78, 5) is 8.52. The van der Waals surface area contributed by atoms with Gasteiger partial charge in [-0.2, -0.15) is 0 Å². The number of nitrogens with zero attached hydrogens (tertiary/aromatic N) is 2. The van der Waals surface area contributed by atoms with Crippen LogP contribution in [-0.4, -0.2) is 29.2 Å². The van der Waals surface area contributed by atoms with Crippen LogP contribution in [0.5, 0.6) is 0 Å². The molecule has 0 unspecified atom stereocenters. The lowest BCUT2D eigenvalue weighted by Crippen LogP contribution is -2.19. The Morgan fingerprint density at radius 2 is 2.24 bits per heavy atom. The highest BCUT2D eigenvalue weighted by atomic mass is 35.5. The Balaban J connectivity index is 1.78. The SMILES string of the molecule is Fc1cccc(-c2nc(Cl)cc(NC[C@@H]3CCCO3)n2)c1. The highest BCUT2D eigenvalue weighted by Crippen LogP contribution is 2.21. The number of halogens is 2. The maximum absolute atomic E-state index is 13.3. The predicted octanol–water partition coefficient (Wildman–Crippen LogP) is 3.53. The molecule has 0 radical (unpaired) electrons. The largest absolute Gasteiger partial charge is 0.376 e. The van der Waals surface area contributed by atoms with Gasteiger partial charge in [-0.25, -0.2) is 14.4 Å². The third-order valence-corrected chi connectivity index (χ3v) is 3.51. The van der Waals surface area contributed by atoms with E-state index >= 15 is 0 Å². The number of anilines is 1. The zero-order valence-electron chi connectivity index (χ0n) is 11.4. The fraction of sp³-hybridized carbons (Fsp3) is 0.333. The number of hydrogen-bond donors (Lipinski definition) is 1. The summed E-state index contributed by atoms with van der Waals surface area (Å²) in [7, 11) is 0. The van der Waals surface area contributed by atoms with Gasteiger partial charge in [-0.3, -0.25) is 0 Å². The monoisotopic (exact) mass is 307 g/mol. The van der Waals surface area contributed by atoms with Crippen LogP contribution in [0.1, 0.15) is 12.8 Å². The van der Waals surface area contributed by atoms with Crippen molar-refractivity contribution in [1.82, 2.24) is 9.97 Å². The topological polar surface area (TPSA) is 47.0 Å². The van der Waals surface area contributed by atoms with Gasteiger partial charge in [0.2, 0.25) is 0 Å². The number of ether oxygens (including phenoxy) is 1. The first-order valence-electron chi connectivity index (χ1n) is 6.87. The number of rotatable bonds is 4. The maximum Gasteiger partial charge on any atom is 0.163 e. The van der Waals surface area contributed by atoms with Crippen LogP contribution in [0.15, 0.2) is 30.3 Å². The molecule has 1 aromatic heterocycles. The second-order valence-electron chi connectivity index (χ2n) is 4.93. The van der Waals surface area contributed by atoms with Crippen LogP contribution < -0.4 is 5.32 Å². The minimum atomic E-state index is -0.329. The van der Waals surface area contributed by atoms with E-state index in [9.17, 15) is 4.39 Å². The molecule has 0 spiro atoms. The Kier molecular flexibility index (Phi) is 4.31. The lowest BCUT2D eigenvalue weighted by molar-refractivity contribution is 0.120. The molecule has 1 aliphatic rings. The Morgan fingerprint density at radius 1 is 1.33 bits per heavy atom. The summed E-state index contributed by atoms with van der Waals surface area (Å²) in [5.41, 5.74) is 0.595. The van der Waals surface area contributed by atoms with Crippen molar-refractivity contribution >= 4 is 17.4 Å². The van der Waals surface area contributed by atoms with E-state index in [2.05, 4.69) is 15.3 Å². The van der Waals surface area contributed by atoms with Crippen LogP contribution in [-0.2, 0) is 4.74 Å². The molecule has 0 aliphatic carbocycles. The van der Waals surface area contributed by atoms with E-state index in [0.29, 0.717) is 28.9 Å². The Hall–Kier alpha value is -1.72. The Morgan fingerprint density at radius 3 is 3.00 bits per heavy atom. The van der Waals surface area contributed by atoms with E-state index in [0.717, 1.165) is 19.4 Å². The van der Waals surface area contributed by atoms with Gasteiger partial charge in [-0.1, -0.05) is 23.7 Å². The smallest absolute Gasteiger partial charge is 0.163 e. The van der Waals surface area contributed by atoms with Crippen LogP contribution in [0.25, 0.3) is 11.4 Å². The van der Waals surface area contributed by atoms with Crippen LogP contribution >= 0.6 is 11.6 Å². The van der Waals surface area contributed by atoms with Crippen LogP contribution in [0.3, 0.4) is 0 Å². The van der Waals surface area contributed by atoms with Crippen molar-refractivity contribution in [2.75, 3.05) is 18.5 Å². The zero-order valence-corrected chi connectivity index (χ0v) is 12.1. The molecule has 3 rings (SSSR count). The molecule has 1 aromatic carbocycles. The first kappa shape index (κ1) is 14.2. The molecule has 1 atom stereocenters. The minimum absolute atomic E-state index is 0.205. The molecule has 1 fully saturated rings. The van der Waals surface area contributed by atoms with E-state index < -0.39 is 0 Å². The summed E-state index contributed by atoms with van der Waals surface area (Å²) in [6.07, 6.45) is 2.34. The van der Waals surface area contributed by atoms with E-state index in [-0.39, 0.29) is 11.9 Å². The summed E-state index contributed by atoms with van der Waals surface area (Å²) < 4.78 is 18.8. The second-order valence-corrected chi connectivity index (χ2v) is 5.31. The summed E-state index contributed by atoms with van der Waals surface area (Å²) in [5, 5.41) is 3.52. The van der Waals surface area contributed by atoms with Crippen molar-refractivity contribution < 1.29 is 9.13 Å². The maximum atomic E-state index is 13.3. The third-order valence-electron chi connectivity index (χ3n) is 3.31. The van der Waals surface area contributed by atoms with Gasteiger partial charge in [0.15, 0.2) is 5.82 Å². The number of benzene rings is 1. The van der Waals surface area contributed by atoms with Gasteiger partial charge in [0.05, 0.1) is 6.10 Å². The first-order chi connectivity index (χ1) is 10.2. The molecule has 1 saturated heterocycles. The summed E-state index contributed by atoms with van der Waals surface area (Å²) >= 11 is 6.02. The highest BCUT2D eigenvalue weighted by molar-refractivity contribution is 6.29. The molecule has 0 saturated carbocycles. The molecule has 21 heavy (non-hydrogen) atoms. The molecule has 1 N–H and O–H groups in total. The molecule has 0 amide bonds. The first-order valence-corrected chi connectivity index (χ1v) is 7.24. The number of aromatic nitrogens is 2. The number of nitrogens with one attached hydrogen (secondary N) is 1. The van der Waals surface area contributed by atoms with Crippen LogP contribution in [0, 0.1) is 5.82 Å². The van der Waals surface area contributed by atoms with Crippen molar-refractivity contribution in [2.24, 2.45) is 0 Å². The van der Waals surface area contributed by atoms with Gasteiger partial charge in [0.25, 0.3) is 0 Å². The average molecular weight is 308 g/mol. The molecule has 110 valence electrons. The predicted molar refractivity (Wildman–Crippen MR) is 79.9 cm³/mol. The van der Waals surface area contributed by atoms with E-state index in [1.807, 2.05) is 0 Å². The molecule has 6 heteroatoms. The van der Waals surface area contributed by atoms with Crippen molar-refractivity contribution in [2.45, 2.75) is 18.9 Å². The standard InChI is InChI=1S/C15H15ClFN3O/c16-13-8-14(18-9-12-5-2-6-21-12)20-15(19-13)10-3-1-4-11(17)7-10/h1,3-4,7-8,12H,2,5-6,9H2,(H,18,19,20)/t12-/m0/s1. The van der Waals surface area contributed by atoms with Gasteiger partial charge in [-0.05, 0) is 25.0 Å². The molecular weight excluding hydrogens is 293 g/mol. The molecular formula is C15H15ClFN3O. The molecule has 2 heterocycles. The molecule has 2 aromatic rings. The van der Waals surface area contributed by atoms with Crippen molar-refractivity contribution in [3.8, 4) is 11.4 Å². The molecule has 1 aliphatic heterocycles. The Labute approximate surface area is 127 Å². The van der Waals surface area contributed by atoms with Gasteiger partial charge >= 0.3 is 0 Å². The van der Waals surface area contributed by atoms with Gasteiger partial charge in [0, 0.05) is 24.8 Å². The Bertz CT molecular complexity index is 632. The van der Waals surface area contributed by atoms with E-state index in [1.165, 1.54) is 12.1 Å². The fourth-order valence-corrected chi connectivity index (χ4v) is 2.47. The summed E-state index contributed by atoms with van der Waals surface area (Å²) in [6.45, 7) is 1.49. The lowest BCUT2D eigenvalue weighted by atomic mass is 10.2. The normalized spacial score (nSPS) is 17.9. The quantitative estimate of drug-likeness (QED) is 0.878. The summed E-state index contributed by atoms with van der Waals surface area (Å²) in [5.74, 6) is 0.687. The van der Waals surface area contributed by atoms with Crippen LogP contribution in [0.4, 0.5) is 10.2 Å². The second kappa shape index (κ2) is 6.37. The van der Waals surface area contributed by atoms with Crippen molar-refractivity contribution in [3.63, 3.8) is 0 Å². The van der Waals surface area contributed by atoms with Crippen molar-refractivity contribution in [1.29, 1.82) is 0 Å². The zero-order chi connectivity index (χ0) is 14.7. The minimum Gasteiger partial charge on any atom is -0.376 e.